The Kier molecular flexibility index (Phi) is 3.99. The molecule has 1 aromatic rings. The second-order valence-electron chi connectivity index (χ2n) is 5.77. The summed E-state index contributed by atoms with van der Waals surface area (Å²) < 4.78 is 33.6. The molecule has 2 heterocycles. The number of anilines is 1. The molecule has 0 atom stereocenters. The first-order valence-electron chi connectivity index (χ1n) is 7.27. The smallest absolute Gasteiger partial charge is 0.285 e. The molecule has 0 aromatic heterocycles. The molecule has 0 bridgehead atoms. The molecule has 1 saturated heterocycles. The van der Waals surface area contributed by atoms with Crippen LogP contribution in [0.5, 0.6) is 0 Å². The molecule has 2 aliphatic rings. The maximum atomic E-state index is 12.3. The molecule has 8 nitrogen and oxygen atoms in total. The molecule has 1 fully saturated rings. The molecule has 1 aromatic carbocycles. The van der Waals surface area contributed by atoms with E-state index in [0.29, 0.717) is 25.4 Å². The summed E-state index contributed by atoms with van der Waals surface area (Å²) in [6.45, 7) is 1.85. The van der Waals surface area contributed by atoms with Crippen molar-refractivity contribution < 1.29 is 13.2 Å². The number of nitrogen functional groups attached to an aromatic ring is 1. The van der Waals surface area contributed by atoms with Crippen LogP contribution >= 0.6 is 0 Å². The average Bonchev–Trinajstić information content (AvgIpc) is 2.92. The van der Waals surface area contributed by atoms with E-state index < -0.39 is 10.0 Å². The number of sulfonamides is 1. The first kappa shape index (κ1) is 15.8. The highest BCUT2D eigenvalue weighted by Gasteiger charge is 2.38. The molecule has 0 saturated carbocycles. The number of guanidine groups is 1. The van der Waals surface area contributed by atoms with Crippen LogP contribution in [0.25, 0.3) is 0 Å². The van der Waals surface area contributed by atoms with Gasteiger partial charge in [-0.1, -0.05) is 0 Å². The van der Waals surface area contributed by atoms with E-state index in [1.807, 2.05) is 6.21 Å². The van der Waals surface area contributed by atoms with E-state index in [9.17, 15) is 8.42 Å². The molecule has 1 spiro atoms. The molecular formula is C14H19N5O3S. The largest absolute Gasteiger partial charge is 0.399 e. The Morgan fingerprint density at radius 1 is 1.26 bits per heavy atom. The lowest BCUT2D eigenvalue weighted by Crippen LogP contribution is -2.40. The summed E-state index contributed by atoms with van der Waals surface area (Å²) in [5.74, 6) is -0.138. The van der Waals surface area contributed by atoms with Gasteiger partial charge in [0.15, 0.2) is 0 Å². The fourth-order valence-electron chi connectivity index (χ4n) is 2.64. The Labute approximate surface area is 134 Å². The molecular weight excluding hydrogens is 318 g/mol. The number of rotatable bonds is 2. The first-order chi connectivity index (χ1) is 10.9. The minimum absolute atomic E-state index is 0.0404. The molecule has 23 heavy (non-hydrogen) atoms. The van der Waals surface area contributed by atoms with Gasteiger partial charge < -0.3 is 16.2 Å². The number of ether oxygens (including phenoxy) is 1. The molecule has 0 unspecified atom stereocenters. The van der Waals surface area contributed by atoms with Crippen LogP contribution in [0.2, 0.25) is 0 Å². The standard InChI is InChI=1S/C14H19N5O3S/c15-11-1-3-12(4-2-11)23(20,21)18-13(16)19-10-14(9-17-19)5-7-22-8-6-14/h1-4,9H,5-8,10,15H2,(H2,16,18). The molecule has 0 radical (unpaired) electrons. The van der Waals surface area contributed by atoms with Gasteiger partial charge >= 0.3 is 0 Å². The van der Waals surface area contributed by atoms with E-state index >= 15 is 0 Å². The van der Waals surface area contributed by atoms with Crippen LogP contribution in [0, 0.1) is 5.41 Å². The summed E-state index contributed by atoms with van der Waals surface area (Å²) in [6.07, 6.45) is 3.50. The van der Waals surface area contributed by atoms with Crippen LogP contribution in [-0.4, -0.2) is 45.4 Å². The van der Waals surface area contributed by atoms with Crippen molar-refractivity contribution in [2.75, 3.05) is 25.5 Å². The quantitative estimate of drug-likeness (QED) is 0.456. The summed E-state index contributed by atoms with van der Waals surface area (Å²) in [5, 5.41) is 5.65. The molecule has 0 amide bonds. The van der Waals surface area contributed by atoms with E-state index in [4.69, 9.17) is 16.2 Å². The second kappa shape index (κ2) is 5.82. The van der Waals surface area contributed by atoms with Crippen molar-refractivity contribution in [3.05, 3.63) is 24.3 Å². The SMILES string of the molecule is NC(=NS(=O)(=O)c1ccc(N)cc1)N1CC2(C=N1)CCOCC2. The minimum atomic E-state index is -3.89. The van der Waals surface area contributed by atoms with Crippen molar-refractivity contribution >= 4 is 27.9 Å². The van der Waals surface area contributed by atoms with Gasteiger partial charge in [0, 0.05) is 30.5 Å². The van der Waals surface area contributed by atoms with Crippen LogP contribution < -0.4 is 11.5 Å². The third-order valence-corrected chi connectivity index (χ3v) is 5.38. The summed E-state index contributed by atoms with van der Waals surface area (Å²) in [5.41, 5.74) is 11.8. The highest BCUT2D eigenvalue weighted by atomic mass is 32.2. The van der Waals surface area contributed by atoms with Gasteiger partial charge in [-0.3, -0.25) is 0 Å². The maximum absolute atomic E-state index is 12.3. The molecule has 3 rings (SSSR count). The molecule has 124 valence electrons. The van der Waals surface area contributed by atoms with E-state index in [1.165, 1.54) is 29.3 Å². The normalized spacial score (nSPS) is 21.0. The maximum Gasteiger partial charge on any atom is 0.285 e. The summed E-state index contributed by atoms with van der Waals surface area (Å²) in [7, 11) is -3.89. The van der Waals surface area contributed by atoms with Gasteiger partial charge in [0.05, 0.1) is 11.4 Å². The highest BCUT2D eigenvalue weighted by molar-refractivity contribution is 7.90. The van der Waals surface area contributed by atoms with Gasteiger partial charge in [0.25, 0.3) is 10.0 Å². The molecule has 4 N–H and O–H groups in total. The Hall–Kier alpha value is -2.13. The number of hydrogen-bond donors (Lipinski definition) is 2. The summed E-state index contributed by atoms with van der Waals surface area (Å²) in [4.78, 5) is 0.0404. The zero-order valence-electron chi connectivity index (χ0n) is 12.6. The van der Waals surface area contributed by atoms with Crippen molar-refractivity contribution in [3.8, 4) is 0 Å². The van der Waals surface area contributed by atoms with E-state index in [-0.39, 0.29) is 16.3 Å². The Morgan fingerprint density at radius 3 is 2.57 bits per heavy atom. The fourth-order valence-corrected chi connectivity index (χ4v) is 3.57. The zero-order valence-corrected chi connectivity index (χ0v) is 13.4. The van der Waals surface area contributed by atoms with E-state index in [1.54, 1.807) is 0 Å². The highest BCUT2D eigenvalue weighted by Crippen LogP contribution is 2.33. The Balaban J connectivity index is 1.77. The van der Waals surface area contributed by atoms with Gasteiger partial charge in [-0.15, -0.1) is 4.40 Å². The third kappa shape index (κ3) is 3.30. The van der Waals surface area contributed by atoms with Crippen molar-refractivity contribution in [1.29, 1.82) is 0 Å². The number of nitrogens with zero attached hydrogens (tertiary/aromatic N) is 3. The minimum Gasteiger partial charge on any atom is -0.399 e. The van der Waals surface area contributed by atoms with Crippen LogP contribution in [0.15, 0.2) is 38.7 Å². The van der Waals surface area contributed by atoms with Gasteiger partial charge in [0.1, 0.15) is 0 Å². The summed E-state index contributed by atoms with van der Waals surface area (Å²) in [6, 6.07) is 5.80. The van der Waals surface area contributed by atoms with Gasteiger partial charge in [-0.25, -0.2) is 5.01 Å². The zero-order chi connectivity index (χ0) is 16.5. The second-order valence-corrected chi connectivity index (χ2v) is 7.37. The van der Waals surface area contributed by atoms with Crippen molar-refractivity contribution in [3.63, 3.8) is 0 Å². The monoisotopic (exact) mass is 337 g/mol. The van der Waals surface area contributed by atoms with Crippen LogP contribution in [0.1, 0.15) is 12.8 Å². The van der Waals surface area contributed by atoms with Crippen molar-refractivity contribution in [2.45, 2.75) is 17.7 Å². The van der Waals surface area contributed by atoms with E-state index in [0.717, 1.165) is 12.8 Å². The van der Waals surface area contributed by atoms with Crippen LogP contribution in [-0.2, 0) is 14.8 Å². The van der Waals surface area contributed by atoms with E-state index in [2.05, 4.69) is 9.50 Å². The predicted octanol–water partition coefficient (Wildman–Crippen LogP) is 0.370. The predicted molar refractivity (Wildman–Crippen MR) is 87.3 cm³/mol. The average molecular weight is 337 g/mol. The Bertz CT molecular complexity index is 736. The van der Waals surface area contributed by atoms with Gasteiger partial charge in [-0.05, 0) is 37.1 Å². The summed E-state index contributed by atoms with van der Waals surface area (Å²) >= 11 is 0. The number of benzene rings is 1. The molecule has 2 aliphatic heterocycles. The topological polar surface area (TPSA) is 123 Å². The lowest BCUT2D eigenvalue weighted by atomic mass is 9.82. The van der Waals surface area contributed by atoms with Crippen molar-refractivity contribution in [1.82, 2.24) is 5.01 Å². The van der Waals surface area contributed by atoms with Gasteiger partial charge in [-0.2, -0.15) is 13.5 Å². The number of hydrazone groups is 1. The van der Waals surface area contributed by atoms with Crippen LogP contribution in [0.3, 0.4) is 0 Å². The fraction of sp³-hybridized carbons (Fsp3) is 0.429. The number of hydrogen-bond acceptors (Lipinski definition) is 5. The molecule has 9 heteroatoms. The van der Waals surface area contributed by atoms with Crippen molar-refractivity contribution in [2.24, 2.45) is 20.6 Å². The lowest BCUT2D eigenvalue weighted by molar-refractivity contribution is 0.0454. The number of nitrogens with two attached hydrogens (primary N) is 2. The lowest BCUT2D eigenvalue weighted by Gasteiger charge is -2.31. The molecule has 0 aliphatic carbocycles. The van der Waals surface area contributed by atoms with Gasteiger partial charge in [0.2, 0.25) is 5.96 Å². The third-order valence-electron chi connectivity index (χ3n) is 4.08. The Morgan fingerprint density at radius 2 is 1.91 bits per heavy atom. The van der Waals surface area contributed by atoms with Crippen LogP contribution in [0.4, 0.5) is 5.69 Å². The first-order valence-corrected chi connectivity index (χ1v) is 8.71.